The number of alkyl halides is 2. The van der Waals surface area contributed by atoms with E-state index in [0.29, 0.717) is 12.1 Å². The average Bonchev–Trinajstić information content (AvgIpc) is 3.09. The van der Waals surface area contributed by atoms with E-state index >= 15 is 0 Å². The fourth-order valence-corrected chi connectivity index (χ4v) is 2.45. The van der Waals surface area contributed by atoms with Crippen LogP contribution in [-0.2, 0) is 6.54 Å². The summed E-state index contributed by atoms with van der Waals surface area (Å²) in [6.45, 7) is 4.33. The van der Waals surface area contributed by atoms with Crippen LogP contribution in [0.3, 0.4) is 0 Å². The number of carbonyl (C=O) groups is 1. The molecule has 0 aromatic carbocycles. The van der Waals surface area contributed by atoms with Gasteiger partial charge in [0.15, 0.2) is 5.65 Å². The van der Waals surface area contributed by atoms with Gasteiger partial charge in [0.2, 0.25) is 0 Å². The molecule has 0 unspecified atom stereocenters. The number of aromatic nitrogens is 5. The fourth-order valence-electron chi connectivity index (χ4n) is 2.45. The highest BCUT2D eigenvalue weighted by molar-refractivity contribution is 5.94. The summed E-state index contributed by atoms with van der Waals surface area (Å²) in [5.41, 5.74) is 0.826. The number of carboxylic acids is 1. The number of halogens is 2. The number of aryl methyl sites for hydroxylation is 1. The lowest BCUT2D eigenvalue weighted by Crippen LogP contribution is -2.05. The quantitative estimate of drug-likeness (QED) is 0.798. The van der Waals surface area contributed by atoms with Crippen molar-refractivity contribution in [2.75, 3.05) is 0 Å². The van der Waals surface area contributed by atoms with Crippen molar-refractivity contribution in [1.82, 2.24) is 24.4 Å². The van der Waals surface area contributed by atoms with Crippen molar-refractivity contribution >= 4 is 11.6 Å². The van der Waals surface area contributed by atoms with E-state index < -0.39 is 18.1 Å². The second-order valence-electron chi connectivity index (χ2n) is 4.93. The minimum Gasteiger partial charge on any atom is -0.477 e. The summed E-state index contributed by atoms with van der Waals surface area (Å²) >= 11 is 0. The Bertz CT molecular complexity index is 900. The van der Waals surface area contributed by atoms with E-state index in [2.05, 4.69) is 15.2 Å². The molecule has 0 saturated carbocycles. The lowest BCUT2D eigenvalue weighted by Gasteiger charge is -2.08. The van der Waals surface area contributed by atoms with Gasteiger partial charge in [-0.15, -0.1) is 0 Å². The van der Waals surface area contributed by atoms with Gasteiger partial charge in [-0.25, -0.2) is 23.1 Å². The van der Waals surface area contributed by atoms with E-state index in [0.717, 1.165) is 16.4 Å². The Morgan fingerprint density at radius 3 is 2.65 bits per heavy atom. The SMILES string of the molecule is CCn1ncc(-c2cc(C(F)F)n3ncc(C(=O)O)c3n2)c1C. The van der Waals surface area contributed by atoms with Crippen LogP contribution in [0.25, 0.3) is 16.9 Å². The van der Waals surface area contributed by atoms with E-state index in [1.165, 1.54) is 12.3 Å². The Balaban J connectivity index is 2.30. The highest BCUT2D eigenvalue weighted by Gasteiger charge is 2.22. The second kappa shape index (κ2) is 5.41. The first kappa shape index (κ1) is 15.1. The summed E-state index contributed by atoms with van der Waals surface area (Å²) in [4.78, 5) is 15.4. The summed E-state index contributed by atoms with van der Waals surface area (Å²) < 4.78 is 29.2. The molecule has 0 aliphatic carbocycles. The molecule has 0 radical (unpaired) electrons. The molecule has 0 aliphatic rings. The van der Waals surface area contributed by atoms with E-state index in [1.807, 2.05) is 6.92 Å². The van der Waals surface area contributed by atoms with E-state index in [1.54, 1.807) is 11.6 Å². The molecule has 0 fully saturated rings. The van der Waals surface area contributed by atoms with Crippen LogP contribution < -0.4 is 0 Å². The second-order valence-corrected chi connectivity index (χ2v) is 4.93. The van der Waals surface area contributed by atoms with Crippen molar-refractivity contribution in [3.63, 3.8) is 0 Å². The predicted molar refractivity (Wildman–Crippen MR) is 76.5 cm³/mol. The number of rotatable bonds is 4. The van der Waals surface area contributed by atoms with Gasteiger partial charge in [-0.05, 0) is 19.9 Å². The number of hydrogen-bond acceptors (Lipinski definition) is 4. The first-order valence-electron chi connectivity index (χ1n) is 6.87. The molecule has 3 rings (SSSR count). The molecule has 120 valence electrons. The van der Waals surface area contributed by atoms with Gasteiger partial charge in [0.1, 0.15) is 11.3 Å². The number of carboxylic acid groups (broad SMARTS) is 1. The highest BCUT2D eigenvalue weighted by atomic mass is 19.3. The Morgan fingerprint density at radius 2 is 2.09 bits per heavy atom. The van der Waals surface area contributed by atoms with Crippen molar-refractivity contribution in [3.8, 4) is 11.3 Å². The number of fused-ring (bicyclic) bond motifs is 1. The minimum atomic E-state index is -2.82. The van der Waals surface area contributed by atoms with Crippen molar-refractivity contribution in [1.29, 1.82) is 0 Å². The van der Waals surface area contributed by atoms with E-state index in [9.17, 15) is 13.6 Å². The highest BCUT2D eigenvalue weighted by Crippen LogP contribution is 2.28. The number of aromatic carboxylic acids is 1. The third kappa shape index (κ3) is 2.33. The molecule has 7 nitrogen and oxygen atoms in total. The van der Waals surface area contributed by atoms with Crippen LogP contribution in [-0.4, -0.2) is 35.5 Å². The third-order valence-electron chi connectivity index (χ3n) is 3.63. The molecule has 1 N–H and O–H groups in total. The fraction of sp³-hybridized carbons (Fsp3) is 0.286. The molecule has 0 aliphatic heterocycles. The molecule has 3 heterocycles. The monoisotopic (exact) mass is 321 g/mol. The van der Waals surface area contributed by atoms with Crippen LogP contribution in [0.5, 0.6) is 0 Å². The lowest BCUT2D eigenvalue weighted by molar-refractivity contribution is 0.0698. The van der Waals surface area contributed by atoms with Crippen LogP contribution in [0, 0.1) is 6.92 Å². The zero-order valence-electron chi connectivity index (χ0n) is 12.4. The van der Waals surface area contributed by atoms with Crippen LogP contribution in [0.15, 0.2) is 18.5 Å². The van der Waals surface area contributed by atoms with Crippen molar-refractivity contribution < 1.29 is 18.7 Å². The Labute approximate surface area is 129 Å². The van der Waals surface area contributed by atoms with Gasteiger partial charge in [-0.1, -0.05) is 0 Å². The predicted octanol–water partition coefficient (Wildman–Crippen LogP) is 2.56. The standard InChI is InChI=1S/C14H13F2N5O2/c1-3-20-7(2)8(5-17-20)10-4-11(12(15)16)21-13(19-10)9(6-18-21)14(22)23/h4-6,12H,3H2,1-2H3,(H,22,23). The van der Waals surface area contributed by atoms with Gasteiger partial charge in [0.05, 0.1) is 18.1 Å². The maximum atomic E-state index is 13.3. The number of nitrogens with zero attached hydrogens (tertiary/aromatic N) is 5. The van der Waals surface area contributed by atoms with Crippen LogP contribution in [0.4, 0.5) is 8.78 Å². The van der Waals surface area contributed by atoms with Crippen molar-refractivity contribution in [2.24, 2.45) is 0 Å². The van der Waals surface area contributed by atoms with E-state index in [-0.39, 0.29) is 16.9 Å². The smallest absolute Gasteiger partial charge is 0.341 e. The Hall–Kier alpha value is -2.84. The summed E-state index contributed by atoms with van der Waals surface area (Å²) in [5, 5.41) is 17.0. The van der Waals surface area contributed by atoms with Crippen LogP contribution in [0.2, 0.25) is 0 Å². The van der Waals surface area contributed by atoms with Gasteiger partial charge in [-0.2, -0.15) is 10.2 Å². The molecule has 3 aromatic heterocycles. The molecule has 23 heavy (non-hydrogen) atoms. The lowest BCUT2D eigenvalue weighted by atomic mass is 10.1. The van der Waals surface area contributed by atoms with Crippen molar-refractivity contribution in [2.45, 2.75) is 26.8 Å². The molecular weight excluding hydrogens is 308 g/mol. The molecular formula is C14H13F2N5O2. The Morgan fingerprint density at radius 1 is 1.35 bits per heavy atom. The van der Waals surface area contributed by atoms with Gasteiger partial charge < -0.3 is 5.11 Å². The molecule has 9 heteroatoms. The summed E-state index contributed by atoms with van der Waals surface area (Å²) in [6, 6.07) is 1.21. The molecule has 0 atom stereocenters. The van der Waals surface area contributed by atoms with Gasteiger partial charge in [0.25, 0.3) is 6.43 Å². The van der Waals surface area contributed by atoms with Gasteiger partial charge in [0, 0.05) is 17.8 Å². The molecule has 0 bridgehead atoms. The van der Waals surface area contributed by atoms with Gasteiger partial charge >= 0.3 is 5.97 Å². The first-order chi connectivity index (χ1) is 10.9. The Kier molecular flexibility index (Phi) is 3.55. The normalized spacial score (nSPS) is 11.5. The molecule has 0 amide bonds. The molecule has 0 spiro atoms. The topological polar surface area (TPSA) is 85.3 Å². The third-order valence-corrected chi connectivity index (χ3v) is 3.63. The number of hydrogen-bond donors (Lipinski definition) is 1. The maximum absolute atomic E-state index is 13.3. The van der Waals surface area contributed by atoms with Crippen LogP contribution in [0.1, 0.15) is 35.1 Å². The molecule has 0 saturated heterocycles. The average molecular weight is 321 g/mol. The summed E-state index contributed by atoms with van der Waals surface area (Å²) in [5.74, 6) is -1.27. The summed E-state index contributed by atoms with van der Waals surface area (Å²) in [7, 11) is 0. The molecule has 3 aromatic rings. The van der Waals surface area contributed by atoms with Crippen LogP contribution >= 0.6 is 0 Å². The van der Waals surface area contributed by atoms with Crippen molar-refractivity contribution in [3.05, 3.63) is 35.4 Å². The zero-order chi connectivity index (χ0) is 16.7. The zero-order valence-corrected chi connectivity index (χ0v) is 12.4. The summed E-state index contributed by atoms with van der Waals surface area (Å²) in [6.07, 6.45) is -0.269. The van der Waals surface area contributed by atoms with Gasteiger partial charge in [-0.3, -0.25) is 4.68 Å². The van der Waals surface area contributed by atoms with E-state index in [4.69, 9.17) is 5.11 Å². The largest absolute Gasteiger partial charge is 0.477 e. The first-order valence-corrected chi connectivity index (χ1v) is 6.87. The maximum Gasteiger partial charge on any atom is 0.341 e. The minimum absolute atomic E-state index is 0.117.